The molecule has 0 saturated heterocycles. The smallest absolute Gasteiger partial charge is 0.200 e. The average molecular weight is 500 g/mol. The molecule has 2 aliphatic rings. The van der Waals surface area contributed by atoms with Crippen molar-refractivity contribution in [3.63, 3.8) is 0 Å². The van der Waals surface area contributed by atoms with Gasteiger partial charge in [-0.15, -0.1) is 48.0 Å². The molecular formula is C12H18I2N6. The van der Waals surface area contributed by atoms with Crippen LogP contribution in [0.25, 0.3) is 0 Å². The molecule has 0 spiro atoms. The molecule has 0 amide bonds. The summed E-state index contributed by atoms with van der Waals surface area (Å²) in [6.45, 7) is 1.35. The number of aliphatic imine (C=N–C) groups is 2. The maximum atomic E-state index is 4.36. The van der Waals surface area contributed by atoms with E-state index in [1.165, 1.54) is 0 Å². The molecule has 20 heavy (non-hydrogen) atoms. The van der Waals surface area contributed by atoms with Crippen LogP contribution in [0.4, 0.5) is 0 Å². The second kappa shape index (κ2) is 11.8. The third-order valence-corrected chi connectivity index (χ3v) is 2.13. The molecule has 0 aromatic heterocycles. The van der Waals surface area contributed by atoms with Crippen molar-refractivity contribution in [2.45, 2.75) is 0 Å². The third kappa shape index (κ3) is 7.53. The summed E-state index contributed by atoms with van der Waals surface area (Å²) in [4.78, 5) is 8.53. The highest BCUT2D eigenvalue weighted by atomic mass is 127. The summed E-state index contributed by atoms with van der Waals surface area (Å²) in [5, 5.41) is 12.2. The summed E-state index contributed by atoms with van der Waals surface area (Å²) >= 11 is 0. The Labute approximate surface area is 152 Å². The van der Waals surface area contributed by atoms with Crippen molar-refractivity contribution in [2.75, 3.05) is 13.1 Å². The van der Waals surface area contributed by atoms with Gasteiger partial charge in [0.15, 0.2) is 11.9 Å². The van der Waals surface area contributed by atoms with Gasteiger partial charge in [0, 0.05) is 31.3 Å². The van der Waals surface area contributed by atoms with E-state index in [1.807, 2.05) is 42.9 Å². The van der Waals surface area contributed by atoms with Crippen LogP contribution in [0.5, 0.6) is 0 Å². The van der Waals surface area contributed by atoms with Gasteiger partial charge in [0.25, 0.3) is 0 Å². The minimum Gasteiger partial charge on any atom is -0.354 e. The molecule has 0 bridgehead atoms. The van der Waals surface area contributed by atoms with Crippen LogP contribution in [-0.2, 0) is 0 Å². The average Bonchev–Trinajstić information content (AvgIpc) is 2.79. The van der Waals surface area contributed by atoms with Crippen molar-refractivity contribution in [1.29, 1.82) is 0 Å². The van der Waals surface area contributed by atoms with Crippen LogP contribution in [0.15, 0.2) is 59.1 Å². The highest BCUT2D eigenvalue weighted by Gasteiger charge is 1.96. The second-order valence-corrected chi connectivity index (χ2v) is 3.49. The molecule has 0 radical (unpaired) electrons. The van der Waals surface area contributed by atoms with Gasteiger partial charge in [-0.25, -0.2) is 4.99 Å². The lowest BCUT2D eigenvalue weighted by molar-refractivity contribution is 0.845. The summed E-state index contributed by atoms with van der Waals surface area (Å²) in [6.07, 6.45) is 14.8. The van der Waals surface area contributed by atoms with Crippen molar-refractivity contribution >= 4 is 59.9 Å². The molecular weight excluding hydrogens is 482 g/mol. The van der Waals surface area contributed by atoms with Crippen LogP contribution in [0.2, 0.25) is 0 Å². The minimum atomic E-state index is 0. The number of rotatable bonds is 3. The lowest BCUT2D eigenvalue weighted by Gasteiger charge is -2.07. The summed E-state index contributed by atoms with van der Waals surface area (Å²) < 4.78 is 0. The van der Waals surface area contributed by atoms with Gasteiger partial charge in [0.2, 0.25) is 0 Å². The zero-order valence-electron chi connectivity index (χ0n) is 10.7. The summed E-state index contributed by atoms with van der Waals surface area (Å²) in [7, 11) is 0. The van der Waals surface area contributed by atoms with Gasteiger partial charge in [0.05, 0.1) is 6.54 Å². The SMILES string of the molecule is C1=CN=C(NCCN=C2NC=CC=CN2)NC=C1.I.I. The first-order chi connectivity index (χ1) is 8.95. The Bertz CT molecular complexity index is 435. The summed E-state index contributed by atoms with van der Waals surface area (Å²) in [6, 6.07) is 0. The fourth-order valence-electron chi connectivity index (χ4n) is 1.32. The molecule has 0 saturated carbocycles. The van der Waals surface area contributed by atoms with Crippen LogP contribution < -0.4 is 21.3 Å². The quantitative estimate of drug-likeness (QED) is 0.349. The van der Waals surface area contributed by atoms with Gasteiger partial charge in [-0.3, -0.25) is 4.99 Å². The number of guanidine groups is 2. The molecule has 6 nitrogen and oxygen atoms in total. The molecule has 4 N–H and O–H groups in total. The van der Waals surface area contributed by atoms with Crippen LogP contribution in [-0.4, -0.2) is 25.0 Å². The fraction of sp³-hybridized carbons (Fsp3) is 0.167. The van der Waals surface area contributed by atoms with Crippen molar-refractivity contribution in [3.8, 4) is 0 Å². The number of nitrogens with zero attached hydrogens (tertiary/aromatic N) is 2. The first kappa shape index (κ1) is 19.0. The number of nitrogens with one attached hydrogen (secondary N) is 4. The lowest BCUT2D eigenvalue weighted by atomic mass is 10.6. The van der Waals surface area contributed by atoms with Gasteiger partial charge < -0.3 is 21.3 Å². The van der Waals surface area contributed by atoms with Crippen LogP contribution >= 0.6 is 48.0 Å². The standard InChI is InChI=1S/C12H16N6.2HI/c1-2-6-14-11(13-5-1)17-9-10-18-12-15-7-3-4-8-16-12;;/h1-8H,9-10H2,(H2,13,14,17)(H2,15,16,18);2*1H. The summed E-state index contributed by atoms with van der Waals surface area (Å²) in [5.74, 6) is 1.46. The van der Waals surface area contributed by atoms with Crippen molar-refractivity contribution in [3.05, 3.63) is 49.1 Å². The molecule has 0 fully saturated rings. The Balaban J connectivity index is 0.00000180. The van der Waals surface area contributed by atoms with Gasteiger partial charge in [-0.05, 0) is 24.3 Å². The maximum Gasteiger partial charge on any atom is 0.200 e. The predicted molar refractivity (Wildman–Crippen MR) is 105 cm³/mol. The highest BCUT2D eigenvalue weighted by Crippen LogP contribution is 1.85. The zero-order chi connectivity index (χ0) is 12.5. The van der Waals surface area contributed by atoms with Crippen LogP contribution in [0.3, 0.4) is 0 Å². The molecule has 0 aromatic carbocycles. The molecule has 0 aromatic rings. The molecule has 0 aliphatic carbocycles. The van der Waals surface area contributed by atoms with E-state index in [0.717, 1.165) is 11.9 Å². The number of halogens is 2. The molecule has 0 unspecified atom stereocenters. The van der Waals surface area contributed by atoms with Crippen molar-refractivity contribution < 1.29 is 0 Å². The Morgan fingerprint density at radius 3 is 2.35 bits per heavy atom. The molecule has 8 heteroatoms. The van der Waals surface area contributed by atoms with E-state index < -0.39 is 0 Å². The van der Waals surface area contributed by atoms with Gasteiger partial charge in [-0.1, -0.05) is 0 Å². The van der Waals surface area contributed by atoms with Crippen LogP contribution in [0.1, 0.15) is 0 Å². The van der Waals surface area contributed by atoms with E-state index in [9.17, 15) is 0 Å². The fourth-order valence-corrected chi connectivity index (χ4v) is 1.32. The number of allylic oxidation sites excluding steroid dienone is 4. The Kier molecular flexibility index (Phi) is 11.1. The van der Waals surface area contributed by atoms with Crippen molar-refractivity contribution in [1.82, 2.24) is 21.3 Å². The Morgan fingerprint density at radius 2 is 1.60 bits per heavy atom. The van der Waals surface area contributed by atoms with Gasteiger partial charge >= 0.3 is 0 Å². The first-order valence-corrected chi connectivity index (χ1v) is 5.74. The Morgan fingerprint density at radius 1 is 0.950 bits per heavy atom. The maximum absolute atomic E-state index is 4.36. The van der Waals surface area contributed by atoms with E-state index in [-0.39, 0.29) is 48.0 Å². The first-order valence-electron chi connectivity index (χ1n) is 5.74. The van der Waals surface area contributed by atoms with E-state index in [2.05, 4.69) is 31.3 Å². The van der Waals surface area contributed by atoms with E-state index in [1.54, 1.807) is 6.20 Å². The monoisotopic (exact) mass is 500 g/mol. The molecule has 0 atom stereocenters. The van der Waals surface area contributed by atoms with Crippen LogP contribution in [0, 0.1) is 0 Å². The Hall–Kier alpha value is -1.04. The van der Waals surface area contributed by atoms with Gasteiger partial charge in [-0.2, -0.15) is 0 Å². The van der Waals surface area contributed by atoms with Gasteiger partial charge in [0.1, 0.15) is 0 Å². The third-order valence-electron chi connectivity index (χ3n) is 2.13. The zero-order valence-corrected chi connectivity index (χ0v) is 15.4. The molecule has 2 rings (SSSR count). The van der Waals surface area contributed by atoms with E-state index >= 15 is 0 Å². The second-order valence-electron chi connectivity index (χ2n) is 3.49. The van der Waals surface area contributed by atoms with E-state index in [0.29, 0.717) is 13.1 Å². The van der Waals surface area contributed by atoms with Crippen molar-refractivity contribution in [2.24, 2.45) is 9.98 Å². The minimum absolute atomic E-state index is 0. The molecule has 110 valence electrons. The predicted octanol–water partition coefficient (Wildman–Crippen LogP) is 1.37. The number of hydrogen-bond donors (Lipinski definition) is 4. The normalized spacial score (nSPS) is 15.2. The largest absolute Gasteiger partial charge is 0.354 e. The summed E-state index contributed by atoms with van der Waals surface area (Å²) in [5.41, 5.74) is 0. The topological polar surface area (TPSA) is 72.8 Å². The lowest BCUT2D eigenvalue weighted by Crippen LogP contribution is -2.36. The highest BCUT2D eigenvalue weighted by molar-refractivity contribution is 14.0. The number of hydrogen-bond acceptors (Lipinski definition) is 4. The molecule has 2 aliphatic heterocycles. The van der Waals surface area contributed by atoms with E-state index in [4.69, 9.17) is 0 Å². The molecule has 2 heterocycles.